The lowest BCUT2D eigenvalue weighted by molar-refractivity contribution is -0.129. The van der Waals surface area contributed by atoms with Crippen molar-refractivity contribution in [1.82, 2.24) is 15.1 Å². The highest BCUT2D eigenvalue weighted by molar-refractivity contribution is 6.04. The van der Waals surface area contributed by atoms with Crippen molar-refractivity contribution >= 4 is 11.9 Å². The first-order valence-corrected chi connectivity index (χ1v) is 10.5. The molecule has 1 aliphatic rings. The zero-order valence-corrected chi connectivity index (χ0v) is 16.7. The van der Waals surface area contributed by atoms with E-state index in [2.05, 4.69) is 31.0 Å². The van der Waals surface area contributed by atoms with Crippen LogP contribution in [0.15, 0.2) is 0 Å². The van der Waals surface area contributed by atoms with Crippen molar-refractivity contribution in [2.24, 2.45) is 0 Å². The number of carbonyl (C=O) groups is 2. The van der Waals surface area contributed by atoms with Gasteiger partial charge in [0.2, 0.25) is 0 Å². The van der Waals surface area contributed by atoms with Crippen LogP contribution in [0.3, 0.4) is 0 Å². The number of nitrogens with one attached hydrogen (secondary N) is 1. The van der Waals surface area contributed by atoms with E-state index in [1.165, 1.54) is 43.4 Å². The van der Waals surface area contributed by atoms with Gasteiger partial charge in [0, 0.05) is 0 Å². The molecule has 0 spiro atoms. The van der Waals surface area contributed by atoms with Crippen molar-refractivity contribution in [3.63, 3.8) is 0 Å². The van der Waals surface area contributed by atoms with E-state index in [1.54, 1.807) is 0 Å². The Labute approximate surface area is 154 Å². The van der Waals surface area contributed by atoms with Gasteiger partial charge in [-0.05, 0) is 32.4 Å². The molecule has 1 atom stereocenters. The van der Waals surface area contributed by atoms with E-state index in [0.29, 0.717) is 6.67 Å². The number of nitrogens with zero attached hydrogens (tertiary/aromatic N) is 2. The fourth-order valence-corrected chi connectivity index (χ4v) is 3.29. The quantitative estimate of drug-likeness (QED) is 0.348. The number of urea groups is 1. The summed E-state index contributed by atoms with van der Waals surface area (Å²) in [4.78, 5) is 28.5. The second kappa shape index (κ2) is 13.2. The molecular weight excluding hydrogens is 314 g/mol. The molecule has 5 heteroatoms. The first kappa shape index (κ1) is 21.9. The number of unbranched alkanes of at least 4 members (excludes halogenated alkanes) is 7. The summed E-state index contributed by atoms with van der Waals surface area (Å²) in [5, 5.41) is 2.86. The Morgan fingerprint density at radius 1 is 0.840 bits per heavy atom. The summed E-state index contributed by atoms with van der Waals surface area (Å²) in [5.41, 5.74) is 0. The Morgan fingerprint density at radius 3 is 1.92 bits per heavy atom. The minimum Gasteiger partial charge on any atom is -0.326 e. The van der Waals surface area contributed by atoms with Gasteiger partial charge in [0.1, 0.15) is 6.04 Å². The second-order valence-corrected chi connectivity index (χ2v) is 7.29. The highest BCUT2D eigenvalue weighted by atomic mass is 16.2. The fraction of sp³-hybridized carbons (Fsp3) is 0.900. The van der Waals surface area contributed by atoms with E-state index < -0.39 is 0 Å². The van der Waals surface area contributed by atoms with E-state index in [0.717, 1.165) is 45.2 Å². The standard InChI is InChI=1S/C20H39N3O2/c1-4-7-10-12-15-22(16-13-11-8-5-2)17-23-19(24)18(14-9-6-3)21-20(23)25/h18H,4-17H2,1-3H3,(H,21,25). The van der Waals surface area contributed by atoms with Gasteiger partial charge in [-0.2, -0.15) is 0 Å². The van der Waals surface area contributed by atoms with Gasteiger partial charge in [-0.25, -0.2) is 9.69 Å². The zero-order valence-electron chi connectivity index (χ0n) is 16.7. The monoisotopic (exact) mass is 353 g/mol. The smallest absolute Gasteiger partial charge is 0.325 e. The molecule has 0 aliphatic carbocycles. The molecule has 1 unspecified atom stereocenters. The van der Waals surface area contributed by atoms with Crippen LogP contribution in [-0.4, -0.2) is 47.5 Å². The van der Waals surface area contributed by atoms with Crippen LogP contribution in [0.1, 0.15) is 91.4 Å². The minimum atomic E-state index is -0.311. The SMILES string of the molecule is CCCCCCN(CCCCCC)CN1C(=O)NC(CCCC)C1=O. The van der Waals surface area contributed by atoms with Crippen LogP contribution in [0.4, 0.5) is 4.79 Å². The molecule has 1 heterocycles. The van der Waals surface area contributed by atoms with Crippen LogP contribution in [-0.2, 0) is 4.79 Å². The first-order valence-electron chi connectivity index (χ1n) is 10.5. The molecule has 0 bridgehead atoms. The maximum atomic E-state index is 12.5. The van der Waals surface area contributed by atoms with Crippen molar-refractivity contribution < 1.29 is 9.59 Å². The summed E-state index contributed by atoms with van der Waals surface area (Å²) < 4.78 is 0. The largest absolute Gasteiger partial charge is 0.326 e. The molecule has 25 heavy (non-hydrogen) atoms. The van der Waals surface area contributed by atoms with Crippen molar-refractivity contribution in [3.05, 3.63) is 0 Å². The van der Waals surface area contributed by atoms with Crippen LogP contribution in [0.25, 0.3) is 0 Å². The summed E-state index contributed by atoms with van der Waals surface area (Å²) in [7, 11) is 0. The number of amides is 3. The molecule has 0 aromatic carbocycles. The van der Waals surface area contributed by atoms with E-state index in [1.807, 2.05) is 0 Å². The molecular formula is C20H39N3O2. The molecule has 146 valence electrons. The summed E-state index contributed by atoms with van der Waals surface area (Å²) >= 11 is 0. The molecule has 3 amide bonds. The molecule has 1 rings (SSSR count). The zero-order chi connectivity index (χ0) is 18.5. The Kier molecular flexibility index (Phi) is 11.5. The number of hydrogen-bond acceptors (Lipinski definition) is 3. The lowest BCUT2D eigenvalue weighted by Crippen LogP contribution is -2.42. The Morgan fingerprint density at radius 2 is 1.40 bits per heavy atom. The molecule has 1 N–H and O–H groups in total. The van der Waals surface area contributed by atoms with Crippen LogP contribution in [0.5, 0.6) is 0 Å². The second-order valence-electron chi connectivity index (χ2n) is 7.29. The van der Waals surface area contributed by atoms with Gasteiger partial charge in [-0.1, -0.05) is 72.1 Å². The normalized spacial score (nSPS) is 17.6. The third-order valence-corrected chi connectivity index (χ3v) is 4.95. The molecule has 0 saturated carbocycles. The van der Waals surface area contributed by atoms with Gasteiger partial charge >= 0.3 is 6.03 Å². The van der Waals surface area contributed by atoms with Crippen molar-refractivity contribution in [3.8, 4) is 0 Å². The van der Waals surface area contributed by atoms with E-state index >= 15 is 0 Å². The summed E-state index contributed by atoms with van der Waals surface area (Å²) in [5.74, 6) is -0.0365. The molecule has 5 nitrogen and oxygen atoms in total. The third kappa shape index (κ3) is 8.21. The predicted molar refractivity (Wildman–Crippen MR) is 103 cm³/mol. The highest BCUT2D eigenvalue weighted by Gasteiger charge is 2.37. The maximum Gasteiger partial charge on any atom is 0.325 e. The maximum absolute atomic E-state index is 12.5. The average molecular weight is 354 g/mol. The lowest BCUT2D eigenvalue weighted by Gasteiger charge is -2.26. The van der Waals surface area contributed by atoms with Gasteiger partial charge < -0.3 is 5.32 Å². The molecule has 0 aromatic rings. The molecule has 0 aromatic heterocycles. The fourth-order valence-electron chi connectivity index (χ4n) is 3.29. The minimum absolute atomic E-state index is 0.0365. The Hall–Kier alpha value is -1.10. The predicted octanol–water partition coefficient (Wildman–Crippen LogP) is 4.52. The Balaban J connectivity index is 2.52. The van der Waals surface area contributed by atoms with Crippen LogP contribution >= 0.6 is 0 Å². The van der Waals surface area contributed by atoms with Crippen LogP contribution in [0.2, 0.25) is 0 Å². The first-order chi connectivity index (χ1) is 12.1. The van der Waals surface area contributed by atoms with E-state index in [4.69, 9.17) is 0 Å². The third-order valence-electron chi connectivity index (χ3n) is 4.95. The highest BCUT2D eigenvalue weighted by Crippen LogP contribution is 2.14. The summed E-state index contributed by atoms with van der Waals surface area (Å²) in [6.45, 7) is 8.93. The van der Waals surface area contributed by atoms with Crippen molar-refractivity contribution in [1.29, 1.82) is 0 Å². The van der Waals surface area contributed by atoms with Crippen LogP contribution < -0.4 is 5.32 Å². The van der Waals surface area contributed by atoms with Crippen molar-refractivity contribution in [2.45, 2.75) is 97.4 Å². The molecule has 1 aliphatic heterocycles. The van der Waals surface area contributed by atoms with Gasteiger partial charge in [0.05, 0.1) is 6.67 Å². The summed E-state index contributed by atoms with van der Waals surface area (Å²) in [6.07, 6.45) is 12.5. The summed E-state index contributed by atoms with van der Waals surface area (Å²) in [6, 6.07) is -0.521. The molecule has 1 saturated heterocycles. The molecule has 0 radical (unpaired) electrons. The van der Waals surface area contributed by atoms with Crippen molar-refractivity contribution in [2.75, 3.05) is 19.8 Å². The lowest BCUT2D eigenvalue weighted by atomic mass is 10.1. The number of carbonyl (C=O) groups excluding carboxylic acids is 2. The van der Waals surface area contributed by atoms with E-state index in [9.17, 15) is 9.59 Å². The average Bonchev–Trinajstić information content (AvgIpc) is 2.87. The van der Waals surface area contributed by atoms with E-state index in [-0.39, 0.29) is 18.0 Å². The number of hydrogen-bond donors (Lipinski definition) is 1. The molecule has 1 fully saturated rings. The number of imide groups is 1. The van der Waals surface area contributed by atoms with Gasteiger partial charge in [-0.3, -0.25) is 9.69 Å². The van der Waals surface area contributed by atoms with Gasteiger partial charge in [-0.15, -0.1) is 0 Å². The van der Waals surface area contributed by atoms with Gasteiger partial charge in [0.15, 0.2) is 0 Å². The Bertz CT molecular complexity index is 375. The topological polar surface area (TPSA) is 52.6 Å². The number of rotatable bonds is 15. The van der Waals surface area contributed by atoms with Gasteiger partial charge in [0.25, 0.3) is 5.91 Å². The van der Waals surface area contributed by atoms with Crippen LogP contribution in [0, 0.1) is 0 Å².